The molecule has 0 aliphatic carbocycles. The number of non-ortho nitro benzene ring substituents is 2. The van der Waals surface area contributed by atoms with E-state index in [2.05, 4.69) is 26.1 Å². The van der Waals surface area contributed by atoms with Gasteiger partial charge in [-0.2, -0.15) is 0 Å². The number of methoxy groups -OCH3 is 2. The number of nitrogens with zero attached hydrogens (tertiary/aromatic N) is 3. The zero-order valence-corrected chi connectivity index (χ0v) is 21.7. The first-order valence-corrected chi connectivity index (χ1v) is 12.3. The molecule has 2 aliphatic rings. The Morgan fingerprint density at radius 2 is 1.63 bits per heavy atom. The van der Waals surface area contributed by atoms with E-state index in [1.165, 1.54) is 37.6 Å². The highest BCUT2D eigenvalue weighted by Crippen LogP contribution is 2.28. The molecule has 10 nitrogen and oxygen atoms in total. The Morgan fingerprint density at radius 1 is 0.971 bits per heavy atom. The van der Waals surface area contributed by atoms with Crippen LogP contribution < -0.4 is 10.2 Å². The van der Waals surface area contributed by atoms with Crippen LogP contribution in [-0.4, -0.2) is 62.5 Å². The second-order valence-electron chi connectivity index (χ2n) is 8.21. The maximum absolute atomic E-state index is 10.7. The van der Waals surface area contributed by atoms with E-state index >= 15 is 0 Å². The Bertz CT molecular complexity index is 942. The Morgan fingerprint density at radius 3 is 2.17 bits per heavy atom. The summed E-state index contributed by atoms with van der Waals surface area (Å²) in [7, 11) is 3.43. The van der Waals surface area contributed by atoms with E-state index in [4.69, 9.17) is 9.47 Å². The van der Waals surface area contributed by atoms with Gasteiger partial charge in [0.2, 0.25) is 0 Å². The van der Waals surface area contributed by atoms with Gasteiger partial charge in [0.1, 0.15) is 0 Å². The fourth-order valence-corrected chi connectivity index (χ4v) is 4.40. The molecule has 0 radical (unpaired) electrons. The number of hydrogen-bond donors (Lipinski definition) is 1. The molecule has 2 unspecified atom stereocenters. The van der Waals surface area contributed by atoms with Crippen LogP contribution in [0.2, 0.25) is 0 Å². The average molecular weight is 553 g/mol. The summed E-state index contributed by atoms with van der Waals surface area (Å²) in [5, 5.41) is 24.2. The third-order valence-corrected chi connectivity index (χ3v) is 6.15. The molecular formula is C24H33BrN4O6. The maximum atomic E-state index is 10.7. The molecule has 2 saturated heterocycles. The number of halogens is 1. The van der Waals surface area contributed by atoms with Crippen LogP contribution in [0.3, 0.4) is 0 Å². The summed E-state index contributed by atoms with van der Waals surface area (Å²) in [4.78, 5) is 22.3. The van der Waals surface area contributed by atoms with Gasteiger partial charge in [0.25, 0.3) is 11.4 Å². The summed E-state index contributed by atoms with van der Waals surface area (Å²) in [6, 6.07) is 14.1. The first-order valence-electron chi connectivity index (χ1n) is 11.5. The fourth-order valence-electron chi connectivity index (χ4n) is 4.02. The first kappa shape index (κ1) is 28.6. The number of nitro benzene ring substituents is 2. The van der Waals surface area contributed by atoms with Crippen LogP contribution in [0.25, 0.3) is 0 Å². The van der Waals surface area contributed by atoms with Gasteiger partial charge in [-0.1, -0.05) is 28.1 Å². The molecule has 2 aliphatic heterocycles. The average Bonchev–Trinajstić information content (AvgIpc) is 3.53. The van der Waals surface area contributed by atoms with Crippen LogP contribution >= 0.6 is 15.9 Å². The minimum absolute atomic E-state index is 0.106. The lowest BCUT2D eigenvalue weighted by Crippen LogP contribution is -2.32. The Hall–Kier alpha value is -2.60. The minimum atomic E-state index is -0.426. The number of benzene rings is 2. The molecule has 2 atom stereocenters. The quantitative estimate of drug-likeness (QED) is 0.378. The number of ether oxygens (including phenoxy) is 2. The van der Waals surface area contributed by atoms with Crippen molar-refractivity contribution in [3.05, 3.63) is 73.2 Å². The zero-order chi connectivity index (χ0) is 25.6. The highest BCUT2D eigenvalue weighted by atomic mass is 79.9. The molecule has 11 heteroatoms. The van der Waals surface area contributed by atoms with Crippen LogP contribution in [0.15, 0.2) is 53.0 Å². The molecule has 0 spiro atoms. The van der Waals surface area contributed by atoms with Gasteiger partial charge in [-0.15, -0.1) is 0 Å². The van der Waals surface area contributed by atoms with E-state index < -0.39 is 4.92 Å². The molecule has 2 aromatic carbocycles. The van der Waals surface area contributed by atoms with Crippen molar-refractivity contribution in [2.24, 2.45) is 0 Å². The first-order chi connectivity index (χ1) is 16.8. The lowest BCUT2D eigenvalue weighted by Gasteiger charge is -2.25. The summed E-state index contributed by atoms with van der Waals surface area (Å²) < 4.78 is 10.9. The summed E-state index contributed by atoms with van der Waals surface area (Å²) in [5.41, 5.74) is 1.17. The van der Waals surface area contributed by atoms with Crippen LogP contribution in [-0.2, 0) is 9.47 Å². The summed E-state index contributed by atoms with van der Waals surface area (Å²) >= 11 is 3.13. The van der Waals surface area contributed by atoms with Crippen molar-refractivity contribution in [1.29, 1.82) is 0 Å². The monoisotopic (exact) mass is 552 g/mol. The van der Waals surface area contributed by atoms with Gasteiger partial charge in [-0.25, -0.2) is 0 Å². The van der Waals surface area contributed by atoms with Crippen molar-refractivity contribution >= 4 is 33.0 Å². The van der Waals surface area contributed by atoms with Crippen molar-refractivity contribution in [3.8, 4) is 0 Å². The second kappa shape index (κ2) is 15.4. The molecule has 35 heavy (non-hydrogen) atoms. The SMILES string of the molecule is COCC1CCCN1.COCC1CCCN1c1cccc([N+](=O)[O-])c1.O=[N+]([O-])c1cccc(Br)c1. The molecule has 2 aromatic rings. The lowest BCUT2D eigenvalue weighted by molar-refractivity contribution is -0.385. The lowest BCUT2D eigenvalue weighted by atomic mass is 10.2. The van der Waals surface area contributed by atoms with Gasteiger partial charge < -0.3 is 19.7 Å². The molecule has 192 valence electrons. The van der Waals surface area contributed by atoms with E-state index in [9.17, 15) is 20.2 Å². The van der Waals surface area contributed by atoms with Crippen LogP contribution in [0.1, 0.15) is 25.7 Å². The summed E-state index contributed by atoms with van der Waals surface area (Å²) in [6.45, 7) is 3.66. The smallest absolute Gasteiger partial charge is 0.271 e. The topological polar surface area (TPSA) is 120 Å². The van der Waals surface area contributed by atoms with Crippen molar-refractivity contribution in [2.45, 2.75) is 37.8 Å². The van der Waals surface area contributed by atoms with E-state index in [1.807, 2.05) is 6.07 Å². The predicted molar refractivity (Wildman–Crippen MR) is 139 cm³/mol. The highest BCUT2D eigenvalue weighted by molar-refractivity contribution is 9.10. The molecule has 0 bridgehead atoms. The summed E-state index contributed by atoms with van der Waals surface area (Å²) in [6.07, 6.45) is 4.79. The Balaban J connectivity index is 0.000000204. The van der Waals surface area contributed by atoms with Crippen molar-refractivity contribution in [3.63, 3.8) is 0 Å². The van der Waals surface area contributed by atoms with Crippen LogP contribution in [0, 0.1) is 20.2 Å². The number of nitrogens with one attached hydrogen (secondary N) is 1. The largest absolute Gasteiger partial charge is 0.383 e. The molecule has 0 aromatic heterocycles. The van der Waals surface area contributed by atoms with E-state index in [0.717, 1.165) is 36.2 Å². The molecule has 4 rings (SSSR count). The number of hydrogen-bond acceptors (Lipinski definition) is 8. The van der Waals surface area contributed by atoms with Crippen molar-refractivity contribution in [2.75, 3.05) is 45.4 Å². The standard InChI is InChI=1S/C12H16N2O3.C6H4BrNO2.C6H13NO/c1-17-9-12-6-3-7-13(12)10-4-2-5-11(8-10)14(15)16;7-5-2-1-3-6(4-5)8(9)10;1-8-5-6-3-2-4-7-6/h2,4-5,8,12H,3,6-7,9H2,1H3;1-4H;6-7H,2-5H2,1H3. The van der Waals surface area contributed by atoms with Crippen LogP contribution in [0.5, 0.6) is 0 Å². The molecule has 0 amide bonds. The third kappa shape index (κ3) is 9.88. The number of nitro groups is 2. The highest BCUT2D eigenvalue weighted by Gasteiger charge is 2.25. The molecule has 2 heterocycles. The Kier molecular flexibility index (Phi) is 12.6. The van der Waals surface area contributed by atoms with Gasteiger partial charge >= 0.3 is 0 Å². The zero-order valence-electron chi connectivity index (χ0n) is 20.1. The number of rotatable bonds is 7. The summed E-state index contributed by atoms with van der Waals surface area (Å²) in [5.74, 6) is 0. The van der Waals surface area contributed by atoms with Gasteiger partial charge in [-0.05, 0) is 44.4 Å². The minimum Gasteiger partial charge on any atom is -0.383 e. The molecular weight excluding hydrogens is 520 g/mol. The molecule has 2 fully saturated rings. The van der Waals surface area contributed by atoms with Gasteiger partial charge in [-0.3, -0.25) is 20.2 Å². The van der Waals surface area contributed by atoms with Gasteiger partial charge in [0.15, 0.2) is 0 Å². The maximum Gasteiger partial charge on any atom is 0.271 e. The van der Waals surface area contributed by atoms with E-state index in [0.29, 0.717) is 18.7 Å². The van der Waals surface area contributed by atoms with Crippen molar-refractivity contribution in [1.82, 2.24) is 5.32 Å². The van der Waals surface area contributed by atoms with Gasteiger partial charge in [0, 0.05) is 61.2 Å². The van der Waals surface area contributed by atoms with E-state index in [1.54, 1.807) is 38.5 Å². The third-order valence-electron chi connectivity index (χ3n) is 5.66. The van der Waals surface area contributed by atoms with E-state index in [-0.39, 0.29) is 16.3 Å². The van der Waals surface area contributed by atoms with Gasteiger partial charge in [0.05, 0.1) is 29.1 Å². The second-order valence-corrected chi connectivity index (χ2v) is 9.12. The normalized spacial score (nSPS) is 18.8. The molecule has 0 saturated carbocycles. The molecule has 1 N–H and O–H groups in total. The predicted octanol–water partition coefficient (Wildman–Crippen LogP) is 4.95. The fraction of sp³-hybridized carbons (Fsp3) is 0.500. The van der Waals surface area contributed by atoms with Crippen molar-refractivity contribution < 1.29 is 19.3 Å². The van der Waals surface area contributed by atoms with Crippen LogP contribution in [0.4, 0.5) is 17.1 Å². The number of anilines is 1. The Labute approximate surface area is 214 Å².